The van der Waals surface area contributed by atoms with Crippen LogP contribution in [0.1, 0.15) is 12.8 Å². The van der Waals surface area contributed by atoms with Crippen LogP contribution in [0.25, 0.3) is 0 Å². The third kappa shape index (κ3) is 3.07. The maximum absolute atomic E-state index is 11.6. The van der Waals surface area contributed by atoms with Crippen LogP contribution in [0.2, 0.25) is 0 Å². The first-order chi connectivity index (χ1) is 8.65. The predicted molar refractivity (Wildman–Crippen MR) is 64.8 cm³/mol. The molecule has 1 aromatic rings. The topological polar surface area (TPSA) is 87.3 Å². The first-order valence-corrected chi connectivity index (χ1v) is 5.61. The molecule has 1 aliphatic rings. The van der Waals surface area contributed by atoms with Crippen LogP contribution in [-0.4, -0.2) is 23.9 Å². The molecule has 18 heavy (non-hydrogen) atoms. The molecular weight excluding hydrogens is 234 g/mol. The van der Waals surface area contributed by atoms with Gasteiger partial charge < -0.3 is 10.6 Å². The quantitative estimate of drug-likeness (QED) is 0.669. The van der Waals surface area contributed by atoms with Gasteiger partial charge in [0.25, 0.3) is 0 Å². The van der Waals surface area contributed by atoms with Gasteiger partial charge in [0.1, 0.15) is 6.04 Å². The molecule has 0 radical (unpaired) electrons. The fraction of sp³-hybridized carbons (Fsp3) is 0.250. The van der Waals surface area contributed by atoms with Crippen molar-refractivity contribution in [1.29, 1.82) is 0 Å². The van der Waals surface area contributed by atoms with E-state index in [2.05, 4.69) is 16.0 Å². The van der Waals surface area contributed by atoms with Crippen molar-refractivity contribution in [1.82, 2.24) is 10.6 Å². The third-order valence-corrected chi connectivity index (χ3v) is 2.58. The van der Waals surface area contributed by atoms with Gasteiger partial charge in [0, 0.05) is 12.1 Å². The van der Waals surface area contributed by atoms with E-state index in [-0.39, 0.29) is 12.3 Å². The Morgan fingerprint density at radius 3 is 2.61 bits per heavy atom. The number of urea groups is 1. The molecule has 0 saturated carbocycles. The number of imide groups is 1. The Morgan fingerprint density at radius 1 is 1.22 bits per heavy atom. The fourth-order valence-electron chi connectivity index (χ4n) is 1.68. The molecule has 6 heteroatoms. The summed E-state index contributed by atoms with van der Waals surface area (Å²) >= 11 is 0. The lowest BCUT2D eigenvalue weighted by atomic mass is 10.1. The van der Waals surface area contributed by atoms with Crippen LogP contribution in [0.5, 0.6) is 0 Å². The molecule has 0 aromatic heterocycles. The van der Waals surface area contributed by atoms with E-state index in [1.54, 1.807) is 24.3 Å². The number of nitrogens with one attached hydrogen (secondary N) is 3. The number of amides is 4. The number of hydrogen-bond acceptors (Lipinski definition) is 3. The molecule has 1 unspecified atom stereocenters. The van der Waals surface area contributed by atoms with Crippen molar-refractivity contribution in [3.63, 3.8) is 0 Å². The maximum atomic E-state index is 11.6. The SMILES string of the molecule is O=C1CCC(NC(=O)Nc2ccccc2)C(=O)N1. The minimum atomic E-state index is -0.661. The first kappa shape index (κ1) is 12.1. The number of rotatable bonds is 2. The Kier molecular flexibility index (Phi) is 3.57. The molecule has 0 bridgehead atoms. The highest BCUT2D eigenvalue weighted by Crippen LogP contribution is 2.07. The Balaban J connectivity index is 1.88. The van der Waals surface area contributed by atoms with Crippen molar-refractivity contribution < 1.29 is 14.4 Å². The number of anilines is 1. The van der Waals surface area contributed by atoms with Crippen LogP contribution < -0.4 is 16.0 Å². The van der Waals surface area contributed by atoms with Gasteiger partial charge in [-0.2, -0.15) is 0 Å². The fourth-order valence-corrected chi connectivity index (χ4v) is 1.68. The highest BCUT2D eigenvalue weighted by molar-refractivity contribution is 6.02. The van der Waals surface area contributed by atoms with Crippen molar-refractivity contribution >= 4 is 23.5 Å². The smallest absolute Gasteiger partial charge is 0.319 e. The summed E-state index contributed by atoms with van der Waals surface area (Å²) in [5.41, 5.74) is 0.641. The Bertz CT molecular complexity index is 473. The maximum Gasteiger partial charge on any atom is 0.319 e. The van der Waals surface area contributed by atoms with E-state index in [0.29, 0.717) is 12.1 Å². The molecule has 6 nitrogen and oxygen atoms in total. The second kappa shape index (κ2) is 5.31. The molecule has 94 valence electrons. The van der Waals surface area contributed by atoms with E-state index in [9.17, 15) is 14.4 Å². The average Bonchev–Trinajstić information content (AvgIpc) is 2.34. The van der Waals surface area contributed by atoms with Gasteiger partial charge in [-0.05, 0) is 18.6 Å². The van der Waals surface area contributed by atoms with Crippen LogP contribution in [0.4, 0.5) is 10.5 Å². The molecule has 1 aromatic carbocycles. The lowest BCUT2D eigenvalue weighted by molar-refractivity contribution is -0.134. The molecule has 0 spiro atoms. The van der Waals surface area contributed by atoms with E-state index >= 15 is 0 Å². The van der Waals surface area contributed by atoms with Gasteiger partial charge in [-0.25, -0.2) is 4.79 Å². The van der Waals surface area contributed by atoms with Crippen LogP contribution in [0.3, 0.4) is 0 Å². The normalized spacial score (nSPS) is 19.0. The summed E-state index contributed by atoms with van der Waals surface area (Å²) < 4.78 is 0. The standard InChI is InChI=1S/C12H13N3O3/c16-10-7-6-9(11(17)15-10)14-12(18)13-8-4-2-1-3-5-8/h1-5,9H,6-7H2,(H2,13,14,18)(H,15,16,17). The van der Waals surface area contributed by atoms with Crippen LogP contribution in [0.15, 0.2) is 30.3 Å². The molecule has 1 saturated heterocycles. The molecule has 1 heterocycles. The van der Waals surface area contributed by atoms with E-state index < -0.39 is 18.0 Å². The summed E-state index contributed by atoms with van der Waals surface area (Å²) in [4.78, 5) is 34.0. The van der Waals surface area contributed by atoms with Crippen molar-refractivity contribution in [3.8, 4) is 0 Å². The van der Waals surface area contributed by atoms with E-state index in [4.69, 9.17) is 0 Å². The largest absolute Gasteiger partial charge is 0.326 e. The second-order valence-corrected chi connectivity index (χ2v) is 3.97. The lowest BCUT2D eigenvalue weighted by Gasteiger charge is -2.21. The number of carbonyl (C=O) groups is 3. The van der Waals surface area contributed by atoms with Crippen molar-refractivity contribution in [3.05, 3.63) is 30.3 Å². The van der Waals surface area contributed by atoms with Crippen LogP contribution >= 0.6 is 0 Å². The minimum Gasteiger partial charge on any atom is -0.326 e. The molecule has 2 rings (SSSR count). The van der Waals surface area contributed by atoms with Gasteiger partial charge >= 0.3 is 6.03 Å². The summed E-state index contributed by atoms with van der Waals surface area (Å²) in [5.74, 6) is -0.768. The summed E-state index contributed by atoms with van der Waals surface area (Å²) in [6.45, 7) is 0. The average molecular weight is 247 g/mol. The zero-order chi connectivity index (χ0) is 13.0. The van der Waals surface area contributed by atoms with Crippen LogP contribution in [0, 0.1) is 0 Å². The van der Waals surface area contributed by atoms with Crippen molar-refractivity contribution in [2.45, 2.75) is 18.9 Å². The summed E-state index contributed by atoms with van der Waals surface area (Å²) in [5, 5.41) is 7.31. The molecule has 1 atom stereocenters. The number of para-hydroxylation sites is 1. The highest BCUT2D eigenvalue weighted by atomic mass is 16.2. The number of hydrogen-bond donors (Lipinski definition) is 3. The Morgan fingerprint density at radius 2 is 1.94 bits per heavy atom. The van der Waals surface area contributed by atoms with Crippen molar-refractivity contribution in [2.75, 3.05) is 5.32 Å². The first-order valence-electron chi connectivity index (χ1n) is 5.61. The monoisotopic (exact) mass is 247 g/mol. The Hall–Kier alpha value is -2.37. The van der Waals surface area contributed by atoms with Gasteiger partial charge in [-0.1, -0.05) is 18.2 Å². The molecule has 1 aliphatic heterocycles. The molecular formula is C12H13N3O3. The summed E-state index contributed by atoms with van der Waals surface area (Å²) in [6, 6.07) is 7.78. The molecule has 3 N–H and O–H groups in total. The zero-order valence-electron chi connectivity index (χ0n) is 9.60. The molecule has 4 amide bonds. The third-order valence-electron chi connectivity index (χ3n) is 2.58. The zero-order valence-corrected chi connectivity index (χ0v) is 9.60. The lowest BCUT2D eigenvalue weighted by Crippen LogP contribution is -2.53. The van der Waals surface area contributed by atoms with Gasteiger partial charge in [0.15, 0.2) is 0 Å². The van der Waals surface area contributed by atoms with Gasteiger partial charge in [-0.3, -0.25) is 14.9 Å². The highest BCUT2D eigenvalue weighted by Gasteiger charge is 2.27. The number of carbonyl (C=O) groups excluding carboxylic acids is 3. The second-order valence-electron chi connectivity index (χ2n) is 3.97. The van der Waals surface area contributed by atoms with E-state index in [0.717, 1.165) is 0 Å². The van der Waals surface area contributed by atoms with Gasteiger partial charge in [0.05, 0.1) is 0 Å². The summed E-state index contributed by atoms with van der Waals surface area (Å²) in [6.07, 6.45) is 0.564. The van der Waals surface area contributed by atoms with Crippen molar-refractivity contribution in [2.24, 2.45) is 0 Å². The van der Waals surface area contributed by atoms with Crippen LogP contribution in [-0.2, 0) is 9.59 Å². The Labute approximate surface area is 104 Å². The van der Waals surface area contributed by atoms with E-state index in [1.165, 1.54) is 0 Å². The van der Waals surface area contributed by atoms with Gasteiger partial charge in [0.2, 0.25) is 11.8 Å². The summed E-state index contributed by atoms with van der Waals surface area (Å²) in [7, 11) is 0. The minimum absolute atomic E-state index is 0.238. The van der Waals surface area contributed by atoms with Gasteiger partial charge in [-0.15, -0.1) is 0 Å². The number of benzene rings is 1. The molecule has 1 fully saturated rings. The van der Waals surface area contributed by atoms with E-state index in [1.807, 2.05) is 6.07 Å². The molecule has 0 aliphatic carbocycles. The number of piperidine rings is 1. The predicted octanol–water partition coefficient (Wildman–Crippen LogP) is 0.613.